The first-order chi connectivity index (χ1) is 9.29. The largest absolute Gasteiger partial charge is 0.383 e. The summed E-state index contributed by atoms with van der Waals surface area (Å²) in [7, 11) is 0. The van der Waals surface area contributed by atoms with Crippen molar-refractivity contribution in [1.29, 1.82) is 5.26 Å². The fourth-order valence-electron chi connectivity index (χ4n) is 2.20. The summed E-state index contributed by atoms with van der Waals surface area (Å²) in [6.45, 7) is 0.564. The van der Waals surface area contributed by atoms with E-state index in [0.717, 1.165) is 5.56 Å². The first kappa shape index (κ1) is 11.3. The zero-order valence-electron chi connectivity index (χ0n) is 10.2. The summed E-state index contributed by atoms with van der Waals surface area (Å²) in [5.74, 6) is 0.412. The number of fused-ring (bicyclic) bond motifs is 1. The normalized spacial score (nSPS) is 10.5. The first-order valence-electron chi connectivity index (χ1n) is 5.97. The van der Waals surface area contributed by atoms with Gasteiger partial charge in [-0.15, -0.1) is 0 Å². The Morgan fingerprint density at radius 1 is 1.16 bits per heavy atom. The molecular formula is C15H12N4. The molecule has 0 unspecified atom stereocenters. The van der Waals surface area contributed by atoms with E-state index in [1.807, 2.05) is 24.3 Å². The number of hydrogen-bond acceptors (Lipinski definition) is 3. The van der Waals surface area contributed by atoms with Crippen LogP contribution in [0.25, 0.3) is 10.8 Å². The third-order valence-corrected chi connectivity index (χ3v) is 3.20. The van der Waals surface area contributed by atoms with E-state index in [1.165, 1.54) is 17.0 Å². The van der Waals surface area contributed by atoms with Gasteiger partial charge in [-0.3, -0.25) is 0 Å². The summed E-state index contributed by atoms with van der Waals surface area (Å²) < 4.78 is 1.65. The minimum atomic E-state index is 0.412. The lowest BCUT2D eigenvalue weighted by molar-refractivity contribution is 0.700. The predicted octanol–water partition coefficient (Wildman–Crippen LogP) is 2.54. The summed E-state index contributed by atoms with van der Waals surface area (Å²) in [4.78, 5) is 0. The van der Waals surface area contributed by atoms with E-state index < -0.39 is 0 Å². The summed E-state index contributed by atoms with van der Waals surface area (Å²) in [5.41, 5.74) is 7.44. The van der Waals surface area contributed by atoms with Crippen LogP contribution in [-0.4, -0.2) is 9.78 Å². The SMILES string of the molecule is N#Cc1cnn(Cc2cccc3ccccc23)c1N. The van der Waals surface area contributed by atoms with Crippen molar-refractivity contribution in [2.75, 3.05) is 5.73 Å². The van der Waals surface area contributed by atoms with Crippen LogP contribution < -0.4 is 5.73 Å². The highest BCUT2D eigenvalue weighted by Gasteiger charge is 2.08. The highest BCUT2D eigenvalue weighted by Crippen LogP contribution is 2.20. The van der Waals surface area contributed by atoms with Crippen molar-refractivity contribution in [3.8, 4) is 6.07 Å². The van der Waals surface area contributed by atoms with Crippen LogP contribution in [0, 0.1) is 11.3 Å². The van der Waals surface area contributed by atoms with Crippen molar-refractivity contribution in [2.45, 2.75) is 6.54 Å². The van der Waals surface area contributed by atoms with Crippen molar-refractivity contribution in [3.05, 3.63) is 59.8 Å². The maximum Gasteiger partial charge on any atom is 0.140 e. The topological polar surface area (TPSA) is 67.6 Å². The lowest BCUT2D eigenvalue weighted by Gasteiger charge is -2.08. The Labute approximate surface area is 110 Å². The molecule has 3 aromatic rings. The fourth-order valence-corrected chi connectivity index (χ4v) is 2.20. The molecule has 0 amide bonds. The first-order valence-corrected chi connectivity index (χ1v) is 5.97. The number of nitrogens with two attached hydrogens (primary N) is 1. The van der Waals surface area contributed by atoms with Crippen LogP contribution in [0.4, 0.5) is 5.82 Å². The Balaban J connectivity index is 2.06. The van der Waals surface area contributed by atoms with Crippen LogP contribution in [0.15, 0.2) is 48.7 Å². The van der Waals surface area contributed by atoms with Gasteiger partial charge in [0.25, 0.3) is 0 Å². The van der Waals surface area contributed by atoms with Crippen LogP contribution in [0.5, 0.6) is 0 Å². The Hall–Kier alpha value is -2.80. The van der Waals surface area contributed by atoms with Crippen molar-refractivity contribution >= 4 is 16.6 Å². The molecule has 0 radical (unpaired) electrons. The van der Waals surface area contributed by atoms with Gasteiger partial charge in [-0.2, -0.15) is 10.4 Å². The van der Waals surface area contributed by atoms with E-state index in [4.69, 9.17) is 11.0 Å². The third-order valence-electron chi connectivity index (χ3n) is 3.20. The number of anilines is 1. The Morgan fingerprint density at radius 3 is 2.74 bits per heavy atom. The van der Waals surface area contributed by atoms with E-state index in [2.05, 4.69) is 29.4 Å². The smallest absolute Gasteiger partial charge is 0.140 e. The molecular weight excluding hydrogens is 236 g/mol. The van der Waals surface area contributed by atoms with Gasteiger partial charge in [-0.05, 0) is 16.3 Å². The van der Waals surface area contributed by atoms with Gasteiger partial charge in [0, 0.05) is 0 Å². The zero-order chi connectivity index (χ0) is 13.2. The highest BCUT2D eigenvalue weighted by atomic mass is 15.3. The molecule has 2 aromatic carbocycles. The quantitative estimate of drug-likeness (QED) is 0.757. The number of nitriles is 1. The lowest BCUT2D eigenvalue weighted by Crippen LogP contribution is -2.06. The Bertz CT molecular complexity index is 775. The molecule has 1 heterocycles. The number of hydrogen-bond donors (Lipinski definition) is 1. The predicted molar refractivity (Wildman–Crippen MR) is 74.4 cm³/mol. The molecule has 0 atom stereocenters. The van der Waals surface area contributed by atoms with Crippen molar-refractivity contribution in [1.82, 2.24) is 9.78 Å². The monoisotopic (exact) mass is 248 g/mol. The summed E-state index contributed by atoms with van der Waals surface area (Å²) >= 11 is 0. The number of nitrogen functional groups attached to an aromatic ring is 1. The maximum absolute atomic E-state index is 8.89. The van der Waals surface area contributed by atoms with Crippen LogP contribution in [0.3, 0.4) is 0 Å². The van der Waals surface area contributed by atoms with E-state index in [1.54, 1.807) is 4.68 Å². The van der Waals surface area contributed by atoms with Gasteiger partial charge in [0.15, 0.2) is 0 Å². The summed E-state index contributed by atoms with van der Waals surface area (Å²) in [6, 6.07) is 16.4. The van der Waals surface area contributed by atoms with E-state index >= 15 is 0 Å². The average Bonchev–Trinajstić information content (AvgIpc) is 2.80. The maximum atomic E-state index is 8.89. The molecule has 4 heteroatoms. The second-order valence-electron chi connectivity index (χ2n) is 4.35. The zero-order valence-corrected chi connectivity index (χ0v) is 10.2. The second kappa shape index (κ2) is 4.46. The van der Waals surface area contributed by atoms with E-state index in [0.29, 0.717) is 17.9 Å². The standard InChI is InChI=1S/C15H12N4/c16-8-13-9-18-19(15(13)17)10-12-6-3-5-11-4-1-2-7-14(11)12/h1-7,9H,10,17H2. The third kappa shape index (κ3) is 1.91. The molecule has 0 fully saturated rings. The molecule has 0 saturated carbocycles. The Morgan fingerprint density at radius 2 is 1.95 bits per heavy atom. The van der Waals surface area contributed by atoms with Gasteiger partial charge in [-0.1, -0.05) is 42.5 Å². The molecule has 0 aliphatic heterocycles. The van der Waals surface area contributed by atoms with Crippen LogP contribution in [0.2, 0.25) is 0 Å². The molecule has 2 N–H and O–H groups in total. The van der Waals surface area contributed by atoms with E-state index in [9.17, 15) is 0 Å². The molecule has 0 saturated heterocycles. The lowest BCUT2D eigenvalue weighted by atomic mass is 10.0. The van der Waals surface area contributed by atoms with Crippen LogP contribution in [0.1, 0.15) is 11.1 Å². The van der Waals surface area contributed by atoms with Crippen LogP contribution >= 0.6 is 0 Å². The molecule has 0 aliphatic rings. The highest BCUT2D eigenvalue weighted by molar-refractivity contribution is 5.85. The molecule has 1 aromatic heterocycles. The van der Waals surface area contributed by atoms with E-state index in [-0.39, 0.29) is 0 Å². The summed E-state index contributed by atoms with van der Waals surface area (Å²) in [5, 5.41) is 15.4. The van der Waals surface area contributed by atoms with Gasteiger partial charge in [-0.25, -0.2) is 4.68 Å². The van der Waals surface area contributed by atoms with Crippen molar-refractivity contribution in [3.63, 3.8) is 0 Å². The molecule has 92 valence electrons. The molecule has 19 heavy (non-hydrogen) atoms. The van der Waals surface area contributed by atoms with Crippen molar-refractivity contribution in [2.24, 2.45) is 0 Å². The second-order valence-corrected chi connectivity index (χ2v) is 4.35. The van der Waals surface area contributed by atoms with Crippen LogP contribution in [-0.2, 0) is 6.54 Å². The van der Waals surface area contributed by atoms with Gasteiger partial charge in [0.05, 0.1) is 12.7 Å². The number of rotatable bonds is 2. The summed E-state index contributed by atoms with van der Waals surface area (Å²) in [6.07, 6.45) is 1.50. The number of benzene rings is 2. The molecule has 3 rings (SSSR count). The number of aromatic nitrogens is 2. The molecule has 0 aliphatic carbocycles. The molecule has 0 spiro atoms. The minimum Gasteiger partial charge on any atom is -0.383 e. The number of nitrogens with zero attached hydrogens (tertiary/aromatic N) is 3. The fraction of sp³-hybridized carbons (Fsp3) is 0.0667. The molecule has 4 nitrogen and oxygen atoms in total. The van der Waals surface area contributed by atoms with Gasteiger partial charge < -0.3 is 5.73 Å². The Kier molecular flexibility index (Phi) is 2.66. The van der Waals surface area contributed by atoms with Gasteiger partial charge >= 0.3 is 0 Å². The van der Waals surface area contributed by atoms with Gasteiger partial charge in [0.2, 0.25) is 0 Å². The average molecular weight is 248 g/mol. The minimum absolute atomic E-state index is 0.412. The van der Waals surface area contributed by atoms with Gasteiger partial charge in [0.1, 0.15) is 17.5 Å². The molecule has 0 bridgehead atoms. The van der Waals surface area contributed by atoms with Crippen molar-refractivity contribution < 1.29 is 0 Å².